The molecular weight excluding hydrogens is 252 g/mol. The van der Waals surface area contributed by atoms with Gasteiger partial charge in [-0.05, 0) is 57.9 Å². The van der Waals surface area contributed by atoms with Crippen LogP contribution in [0.2, 0.25) is 0 Å². The van der Waals surface area contributed by atoms with Crippen LogP contribution in [-0.2, 0) is 4.79 Å². The highest BCUT2D eigenvalue weighted by atomic mass is 16.1. The second kappa shape index (κ2) is 9.08. The van der Waals surface area contributed by atoms with Gasteiger partial charge in [-0.2, -0.15) is 5.26 Å². The Bertz CT molecular complexity index is 448. The Morgan fingerprint density at radius 1 is 1.25 bits per heavy atom. The topological polar surface area (TPSA) is 68.2 Å². The van der Waals surface area contributed by atoms with Crippen molar-refractivity contribution in [3.8, 4) is 6.07 Å². The van der Waals surface area contributed by atoms with E-state index in [4.69, 9.17) is 5.26 Å². The van der Waals surface area contributed by atoms with E-state index in [1.807, 2.05) is 20.2 Å². The lowest BCUT2D eigenvalue weighted by molar-refractivity contribution is -0.116. The van der Waals surface area contributed by atoms with Gasteiger partial charge in [0.2, 0.25) is 5.91 Å². The molecule has 0 aliphatic carbocycles. The van der Waals surface area contributed by atoms with E-state index in [1.165, 1.54) is 0 Å². The van der Waals surface area contributed by atoms with Crippen LogP contribution in [-0.4, -0.2) is 44.5 Å². The number of carbonyl (C=O) groups excluding carboxylic acids is 1. The molecule has 20 heavy (non-hydrogen) atoms. The summed E-state index contributed by atoms with van der Waals surface area (Å²) in [6.07, 6.45) is 1.52. The smallest absolute Gasteiger partial charge is 0.225 e. The maximum Gasteiger partial charge on any atom is 0.225 e. The number of rotatable bonds is 8. The standard InChI is InChI=1S/C15H22N4O/c1-19(2)11-3-9-17-10-8-15(20)18-14-6-4-13(12-16)5-7-14/h4-7,17H,3,8-11H2,1-2H3,(H,18,20). The van der Waals surface area contributed by atoms with Crippen molar-refractivity contribution >= 4 is 11.6 Å². The van der Waals surface area contributed by atoms with E-state index in [1.54, 1.807) is 24.3 Å². The third-order valence-electron chi connectivity index (χ3n) is 2.79. The summed E-state index contributed by atoms with van der Waals surface area (Å²) in [7, 11) is 4.09. The summed E-state index contributed by atoms with van der Waals surface area (Å²) in [4.78, 5) is 13.8. The average Bonchev–Trinajstić information content (AvgIpc) is 2.43. The number of nitriles is 1. The molecular formula is C15H22N4O. The number of anilines is 1. The van der Waals surface area contributed by atoms with Gasteiger partial charge in [-0.25, -0.2) is 0 Å². The van der Waals surface area contributed by atoms with Crippen LogP contribution in [0.15, 0.2) is 24.3 Å². The van der Waals surface area contributed by atoms with Gasteiger partial charge >= 0.3 is 0 Å². The summed E-state index contributed by atoms with van der Waals surface area (Å²) >= 11 is 0. The Kier molecular flexibility index (Phi) is 7.33. The molecule has 0 aliphatic heterocycles. The first kappa shape index (κ1) is 16.2. The molecule has 0 saturated heterocycles. The molecule has 0 unspecified atom stereocenters. The zero-order valence-corrected chi connectivity index (χ0v) is 12.1. The fourth-order valence-corrected chi connectivity index (χ4v) is 1.70. The van der Waals surface area contributed by atoms with E-state index in [9.17, 15) is 4.79 Å². The third kappa shape index (κ3) is 6.88. The molecule has 0 aliphatic rings. The van der Waals surface area contributed by atoms with Crippen molar-refractivity contribution in [1.29, 1.82) is 5.26 Å². The van der Waals surface area contributed by atoms with Crippen molar-refractivity contribution in [2.24, 2.45) is 0 Å². The largest absolute Gasteiger partial charge is 0.326 e. The van der Waals surface area contributed by atoms with Crippen LogP contribution in [0.1, 0.15) is 18.4 Å². The van der Waals surface area contributed by atoms with Crippen LogP contribution < -0.4 is 10.6 Å². The first-order valence-electron chi connectivity index (χ1n) is 6.77. The minimum atomic E-state index is -0.0187. The molecule has 1 amide bonds. The van der Waals surface area contributed by atoms with Gasteiger partial charge in [-0.1, -0.05) is 0 Å². The Labute approximate surface area is 120 Å². The van der Waals surface area contributed by atoms with Crippen molar-refractivity contribution in [3.63, 3.8) is 0 Å². The molecule has 0 fully saturated rings. The number of nitrogens with zero attached hydrogens (tertiary/aromatic N) is 2. The zero-order valence-electron chi connectivity index (χ0n) is 12.1. The number of hydrogen-bond acceptors (Lipinski definition) is 4. The molecule has 1 aromatic carbocycles. The van der Waals surface area contributed by atoms with E-state index >= 15 is 0 Å². The highest BCUT2D eigenvalue weighted by molar-refractivity contribution is 5.90. The summed E-state index contributed by atoms with van der Waals surface area (Å²) < 4.78 is 0. The van der Waals surface area contributed by atoms with Gasteiger partial charge in [0.25, 0.3) is 0 Å². The number of amides is 1. The maximum atomic E-state index is 11.7. The van der Waals surface area contributed by atoms with Crippen LogP contribution in [0, 0.1) is 11.3 Å². The number of hydrogen-bond donors (Lipinski definition) is 2. The summed E-state index contributed by atoms with van der Waals surface area (Å²) in [5.74, 6) is -0.0187. The average molecular weight is 274 g/mol. The molecule has 5 nitrogen and oxygen atoms in total. The fourth-order valence-electron chi connectivity index (χ4n) is 1.70. The minimum Gasteiger partial charge on any atom is -0.326 e. The summed E-state index contributed by atoms with van der Waals surface area (Å²) in [6, 6.07) is 8.90. The first-order valence-corrected chi connectivity index (χ1v) is 6.77. The predicted octanol–water partition coefficient (Wildman–Crippen LogP) is 1.43. The Morgan fingerprint density at radius 3 is 2.55 bits per heavy atom. The molecule has 0 radical (unpaired) electrons. The fraction of sp³-hybridized carbons (Fsp3) is 0.467. The molecule has 0 atom stereocenters. The molecule has 1 aromatic rings. The highest BCUT2D eigenvalue weighted by Gasteiger charge is 2.02. The van der Waals surface area contributed by atoms with Crippen LogP contribution in [0.3, 0.4) is 0 Å². The van der Waals surface area contributed by atoms with Crippen molar-refractivity contribution in [2.75, 3.05) is 39.0 Å². The van der Waals surface area contributed by atoms with Gasteiger partial charge in [0.1, 0.15) is 0 Å². The minimum absolute atomic E-state index is 0.0187. The van der Waals surface area contributed by atoms with Crippen molar-refractivity contribution < 1.29 is 4.79 Å². The van der Waals surface area contributed by atoms with Gasteiger partial charge in [0, 0.05) is 18.7 Å². The van der Waals surface area contributed by atoms with Gasteiger partial charge in [-0.3, -0.25) is 4.79 Å². The van der Waals surface area contributed by atoms with Crippen LogP contribution in [0.5, 0.6) is 0 Å². The summed E-state index contributed by atoms with van der Waals surface area (Å²) in [5, 5.41) is 14.7. The quantitative estimate of drug-likeness (QED) is 0.704. The highest BCUT2D eigenvalue weighted by Crippen LogP contribution is 2.08. The van der Waals surface area contributed by atoms with Crippen LogP contribution >= 0.6 is 0 Å². The molecule has 0 heterocycles. The number of carbonyl (C=O) groups is 1. The monoisotopic (exact) mass is 274 g/mol. The lowest BCUT2D eigenvalue weighted by atomic mass is 10.2. The first-order chi connectivity index (χ1) is 9.61. The normalized spacial score (nSPS) is 10.3. The molecule has 0 saturated carbocycles. The van der Waals surface area contributed by atoms with Crippen molar-refractivity contribution in [1.82, 2.24) is 10.2 Å². The predicted molar refractivity (Wildman–Crippen MR) is 80.4 cm³/mol. The SMILES string of the molecule is CN(C)CCCNCCC(=O)Nc1ccc(C#N)cc1. The van der Waals surface area contributed by atoms with Gasteiger partial charge < -0.3 is 15.5 Å². The Morgan fingerprint density at radius 2 is 1.95 bits per heavy atom. The zero-order chi connectivity index (χ0) is 14.8. The summed E-state index contributed by atoms with van der Waals surface area (Å²) in [5.41, 5.74) is 1.31. The summed E-state index contributed by atoms with van der Waals surface area (Å²) in [6.45, 7) is 2.64. The molecule has 1 rings (SSSR count). The van der Waals surface area contributed by atoms with Crippen molar-refractivity contribution in [2.45, 2.75) is 12.8 Å². The Hall–Kier alpha value is -1.90. The maximum absolute atomic E-state index is 11.7. The number of benzene rings is 1. The third-order valence-corrected chi connectivity index (χ3v) is 2.79. The van der Waals surface area contributed by atoms with Crippen LogP contribution in [0.4, 0.5) is 5.69 Å². The van der Waals surface area contributed by atoms with Gasteiger partial charge in [0.15, 0.2) is 0 Å². The van der Waals surface area contributed by atoms with Gasteiger partial charge in [0.05, 0.1) is 11.6 Å². The van der Waals surface area contributed by atoms with E-state index < -0.39 is 0 Å². The van der Waals surface area contributed by atoms with Crippen LogP contribution in [0.25, 0.3) is 0 Å². The Balaban J connectivity index is 2.15. The lowest BCUT2D eigenvalue weighted by Gasteiger charge is -2.10. The second-order valence-electron chi connectivity index (χ2n) is 4.89. The molecule has 2 N–H and O–H groups in total. The molecule has 0 aromatic heterocycles. The molecule has 0 spiro atoms. The lowest BCUT2D eigenvalue weighted by Crippen LogP contribution is -2.25. The molecule has 0 bridgehead atoms. The van der Waals surface area contributed by atoms with E-state index in [0.717, 1.165) is 25.2 Å². The van der Waals surface area contributed by atoms with E-state index in [0.29, 0.717) is 18.5 Å². The van der Waals surface area contributed by atoms with Crippen molar-refractivity contribution in [3.05, 3.63) is 29.8 Å². The van der Waals surface area contributed by atoms with Gasteiger partial charge in [-0.15, -0.1) is 0 Å². The number of nitrogens with one attached hydrogen (secondary N) is 2. The van der Waals surface area contributed by atoms with E-state index in [-0.39, 0.29) is 5.91 Å². The molecule has 5 heteroatoms. The van der Waals surface area contributed by atoms with E-state index in [2.05, 4.69) is 15.5 Å². The second-order valence-corrected chi connectivity index (χ2v) is 4.89. The molecule has 108 valence electrons.